The summed E-state index contributed by atoms with van der Waals surface area (Å²) in [5.41, 5.74) is 1.88. The summed E-state index contributed by atoms with van der Waals surface area (Å²) in [6, 6.07) is 11.0. The molecule has 0 fully saturated rings. The van der Waals surface area contributed by atoms with Crippen molar-refractivity contribution in [2.45, 2.75) is 6.92 Å². The molecule has 1 aromatic carbocycles. The molecule has 1 amide bonds. The lowest BCUT2D eigenvalue weighted by molar-refractivity contribution is -0.111. The molecule has 0 radical (unpaired) electrons. The van der Waals surface area contributed by atoms with Gasteiger partial charge in [0.25, 0.3) is 0 Å². The number of nitrogens with one attached hydrogen (secondary N) is 1. The maximum Gasteiger partial charge on any atom is 0.341 e. The Kier molecular flexibility index (Phi) is 6.45. The van der Waals surface area contributed by atoms with Gasteiger partial charge in [-0.1, -0.05) is 29.8 Å². The van der Waals surface area contributed by atoms with Crippen molar-refractivity contribution in [3.8, 4) is 11.1 Å². The summed E-state index contributed by atoms with van der Waals surface area (Å²) in [6.45, 7) is 1.99. The summed E-state index contributed by atoms with van der Waals surface area (Å²) < 4.78 is 5.19. The first kappa shape index (κ1) is 19.4. The van der Waals surface area contributed by atoms with Crippen molar-refractivity contribution in [3.63, 3.8) is 0 Å². The quantitative estimate of drug-likeness (QED) is 0.397. The Hall–Kier alpha value is -2.41. The highest BCUT2D eigenvalue weighted by Gasteiger charge is 2.22. The van der Waals surface area contributed by atoms with Gasteiger partial charge in [0.2, 0.25) is 5.91 Å². The van der Waals surface area contributed by atoms with Crippen LogP contribution < -0.4 is 5.32 Å². The molecule has 27 heavy (non-hydrogen) atoms. The lowest BCUT2D eigenvalue weighted by Gasteiger charge is -2.08. The number of carbonyl (C=O) groups is 2. The van der Waals surface area contributed by atoms with E-state index in [-0.39, 0.29) is 12.5 Å². The van der Waals surface area contributed by atoms with Gasteiger partial charge < -0.3 is 10.1 Å². The smallest absolute Gasteiger partial charge is 0.341 e. The highest BCUT2D eigenvalue weighted by Crippen LogP contribution is 2.36. The minimum atomic E-state index is -0.471. The van der Waals surface area contributed by atoms with Crippen molar-refractivity contribution in [3.05, 3.63) is 68.7 Å². The van der Waals surface area contributed by atoms with Crippen molar-refractivity contribution >= 4 is 57.2 Å². The summed E-state index contributed by atoms with van der Waals surface area (Å²) in [5, 5.41) is 7.62. The second kappa shape index (κ2) is 8.99. The molecule has 0 saturated heterocycles. The molecule has 0 spiro atoms. The summed E-state index contributed by atoms with van der Waals surface area (Å²) in [4.78, 5) is 25.8. The standard InChI is InChI=1S/C20H16ClNO3S2/c1-2-25-20(24)18-16(13-5-7-14(21)8-6-13)12-27-19(18)22-17(23)10-9-15-4-3-11-26-15/h3-12H,2H2,1H3,(H,22,23). The van der Waals surface area contributed by atoms with E-state index in [0.29, 0.717) is 21.2 Å². The number of amides is 1. The van der Waals surface area contributed by atoms with E-state index in [2.05, 4.69) is 5.32 Å². The third-order valence-electron chi connectivity index (χ3n) is 3.60. The fourth-order valence-electron chi connectivity index (χ4n) is 2.40. The predicted molar refractivity (Wildman–Crippen MR) is 113 cm³/mol. The van der Waals surface area contributed by atoms with Gasteiger partial charge in [-0.15, -0.1) is 22.7 Å². The first-order valence-corrected chi connectivity index (χ1v) is 10.3. The van der Waals surface area contributed by atoms with Gasteiger partial charge in [0.05, 0.1) is 6.61 Å². The van der Waals surface area contributed by atoms with Gasteiger partial charge in [0.15, 0.2) is 0 Å². The molecular formula is C20H16ClNO3S2. The molecule has 2 aromatic heterocycles. The normalized spacial score (nSPS) is 10.9. The third kappa shape index (κ3) is 4.86. The Bertz CT molecular complexity index is 960. The molecule has 0 aliphatic rings. The van der Waals surface area contributed by atoms with E-state index >= 15 is 0 Å². The average Bonchev–Trinajstić information content (AvgIpc) is 3.31. The highest BCUT2D eigenvalue weighted by molar-refractivity contribution is 7.15. The van der Waals surface area contributed by atoms with E-state index < -0.39 is 5.97 Å². The topological polar surface area (TPSA) is 55.4 Å². The summed E-state index contributed by atoms with van der Waals surface area (Å²) in [6.07, 6.45) is 3.18. The number of rotatable bonds is 6. The zero-order chi connectivity index (χ0) is 19.2. The van der Waals surface area contributed by atoms with Crippen molar-refractivity contribution in [2.24, 2.45) is 0 Å². The number of hydrogen-bond acceptors (Lipinski definition) is 5. The Morgan fingerprint density at radius 1 is 1.19 bits per heavy atom. The molecule has 3 aromatic rings. The first-order chi connectivity index (χ1) is 13.1. The first-order valence-electron chi connectivity index (χ1n) is 8.15. The molecule has 2 heterocycles. The van der Waals surface area contributed by atoms with Crippen LogP contribution in [0, 0.1) is 0 Å². The SMILES string of the molecule is CCOC(=O)c1c(-c2ccc(Cl)cc2)csc1NC(=O)C=Cc1cccs1. The zero-order valence-corrected chi connectivity index (χ0v) is 16.8. The number of anilines is 1. The number of ether oxygens (including phenoxy) is 1. The number of thiophene rings is 2. The maximum atomic E-state index is 12.5. The molecule has 0 saturated carbocycles. The van der Waals surface area contributed by atoms with Crippen molar-refractivity contribution in [2.75, 3.05) is 11.9 Å². The molecule has 0 aliphatic carbocycles. The van der Waals surface area contributed by atoms with Crippen LogP contribution in [0.2, 0.25) is 5.02 Å². The molecule has 7 heteroatoms. The van der Waals surface area contributed by atoms with Crippen LogP contribution in [0.3, 0.4) is 0 Å². The van der Waals surface area contributed by atoms with Crippen LogP contribution in [-0.4, -0.2) is 18.5 Å². The van der Waals surface area contributed by atoms with Crippen LogP contribution >= 0.6 is 34.3 Å². The Labute approximate surface area is 170 Å². The number of halogens is 1. The summed E-state index contributed by atoms with van der Waals surface area (Å²) in [5.74, 6) is -0.778. The second-order valence-electron chi connectivity index (χ2n) is 5.42. The van der Waals surface area contributed by atoms with Crippen LogP contribution in [0.1, 0.15) is 22.2 Å². The van der Waals surface area contributed by atoms with E-state index in [1.54, 1.807) is 25.1 Å². The van der Waals surface area contributed by atoms with E-state index in [4.69, 9.17) is 16.3 Å². The zero-order valence-electron chi connectivity index (χ0n) is 14.4. The molecule has 1 N–H and O–H groups in total. The van der Waals surface area contributed by atoms with Crippen LogP contribution in [0.25, 0.3) is 17.2 Å². The van der Waals surface area contributed by atoms with Crippen molar-refractivity contribution in [1.29, 1.82) is 0 Å². The maximum absolute atomic E-state index is 12.5. The third-order valence-corrected chi connectivity index (χ3v) is 5.59. The van der Waals surface area contributed by atoms with Crippen LogP contribution in [0.4, 0.5) is 5.00 Å². The number of hydrogen-bond donors (Lipinski definition) is 1. The summed E-state index contributed by atoms with van der Waals surface area (Å²) in [7, 11) is 0. The van der Waals surface area contributed by atoms with E-state index in [1.807, 2.05) is 35.0 Å². The van der Waals surface area contributed by atoms with Gasteiger partial charge in [0.1, 0.15) is 10.6 Å². The molecule has 0 atom stereocenters. The van der Waals surface area contributed by atoms with Crippen LogP contribution in [0.5, 0.6) is 0 Å². The lowest BCUT2D eigenvalue weighted by atomic mass is 10.0. The van der Waals surface area contributed by atoms with Crippen molar-refractivity contribution in [1.82, 2.24) is 0 Å². The Morgan fingerprint density at radius 3 is 2.63 bits per heavy atom. The van der Waals surface area contributed by atoms with Gasteiger partial charge in [0, 0.05) is 26.9 Å². The fourth-order valence-corrected chi connectivity index (χ4v) is 4.10. The van der Waals surface area contributed by atoms with Crippen LogP contribution in [0.15, 0.2) is 53.2 Å². The predicted octanol–water partition coefficient (Wildman–Crippen LogP) is 5.96. The van der Waals surface area contributed by atoms with Crippen molar-refractivity contribution < 1.29 is 14.3 Å². The van der Waals surface area contributed by atoms with Gasteiger partial charge >= 0.3 is 5.97 Å². The molecule has 138 valence electrons. The highest BCUT2D eigenvalue weighted by atomic mass is 35.5. The Morgan fingerprint density at radius 2 is 1.96 bits per heavy atom. The summed E-state index contributed by atoms with van der Waals surface area (Å²) >= 11 is 8.77. The number of carbonyl (C=O) groups excluding carboxylic acids is 2. The average molecular weight is 418 g/mol. The van der Waals surface area contributed by atoms with E-state index in [0.717, 1.165) is 10.4 Å². The fraction of sp³-hybridized carbons (Fsp3) is 0.100. The minimum absolute atomic E-state index is 0.250. The second-order valence-corrected chi connectivity index (χ2v) is 7.71. The van der Waals surface area contributed by atoms with Gasteiger partial charge in [-0.2, -0.15) is 0 Å². The molecule has 3 rings (SSSR count). The number of esters is 1. The largest absolute Gasteiger partial charge is 0.462 e. The molecule has 0 aliphatic heterocycles. The van der Waals surface area contributed by atoms with E-state index in [1.165, 1.54) is 28.7 Å². The molecule has 0 unspecified atom stereocenters. The van der Waals surface area contributed by atoms with Gasteiger partial charge in [-0.3, -0.25) is 4.79 Å². The Balaban J connectivity index is 1.89. The molecule has 0 bridgehead atoms. The number of benzene rings is 1. The lowest BCUT2D eigenvalue weighted by Crippen LogP contribution is -2.12. The monoisotopic (exact) mass is 417 g/mol. The molecular weight excluding hydrogens is 402 g/mol. The minimum Gasteiger partial charge on any atom is -0.462 e. The van der Waals surface area contributed by atoms with E-state index in [9.17, 15) is 9.59 Å². The van der Waals surface area contributed by atoms with Crippen LogP contribution in [-0.2, 0) is 9.53 Å². The molecule has 4 nitrogen and oxygen atoms in total. The van der Waals surface area contributed by atoms with Gasteiger partial charge in [-0.25, -0.2) is 4.79 Å². The van der Waals surface area contributed by atoms with Gasteiger partial charge in [-0.05, 0) is 42.1 Å².